The fourth-order valence-corrected chi connectivity index (χ4v) is 2.45. The molecular formula is C18H23NO3. The van der Waals surface area contributed by atoms with Gasteiger partial charge in [-0.15, -0.1) is 0 Å². The summed E-state index contributed by atoms with van der Waals surface area (Å²) in [4.78, 5) is 0. The number of benzene rings is 2. The summed E-state index contributed by atoms with van der Waals surface area (Å²) in [6, 6.07) is 13.5. The van der Waals surface area contributed by atoms with Gasteiger partial charge >= 0.3 is 0 Å². The smallest absolute Gasteiger partial charge is 0.160 e. The van der Waals surface area contributed by atoms with Gasteiger partial charge < -0.3 is 20.6 Å². The third kappa shape index (κ3) is 4.23. The summed E-state index contributed by atoms with van der Waals surface area (Å²) in [7, 11) is 0. The lowest BCUT2D eigenvalue weighted by Crippen LogP contribution is -2.32. The zero-order chi connectivity index (χ0) is 16.1. The van der Waals surface area contributed by atoms with Crippen LogP contribution in [0.5, 0.6) is 11.5 Å². The van der Waals surface area contributed by atoms with Crippen LogP contribution in [0, 0.1) is 6.92 Å². The van der Waals surface area contributed by atoms with Crippen molar-refractivity contribution in [1.29, 1.82) is 0 Å². The van der Waals surface area contributed by atoms with E-state index in [4.69, 9.17) is 0 Å². The van der Waals surface area contributed by atoms with Gasteiger partial charge in [0.2, 0.25) is 0 Å². The van der Waals surface area contributed by atoms with Gasteiger partial charge in [0.15, 0.2) is 11.5 Å². The molecule has 2 aromatic rings. The lowest BCUT2D eigenvalue weighted by Gasteiger charge is -2.18. The number of hydrogen-bond donors (Lipinski definition) is 4. The van der Waals surface area contributed by atoms with Gasteiger partial charge in [0.1, 0.15) is 0 Å². The van der Waals surface area contributed by atoms with Gasteiger partial charge in [-0.3, -0.25) is 0 Å². The summed E-state index contributed by atoms with van der Waals surface area (Å²) in [6.45, 7) is 4.15. The molecule has 2 aromatic carbocycles. The zero-order valence-corrected chi connectivity index (χ0v) is 13.0. The van der Waals surface area contributed by atoms with Crippen LogP contribution < -0.4 is 5.32 Å². The highest BCUT2D eigenvalue weighted by atomic mass is 16.3. The first-order chi connectivity index (χ1) is 10.5. The first kappa shape index (κ1) is 16.3. The van der Waals surface area contributed by atoms with E-state index in [0.29, 0.717) is 17.7 Å². The minimum atomic E-state index is -0.733. The molecule has 0 aliphatic heterocycles. The number of aliphatic hydroxyl groups excluding tert-OH is 1. The lowest BCUT2D eigenvalue weighted by molar-refractivity contribution is 0.170. The van der Waals surface area contributed by atoms with Crippen LogP contribution in [0.1, 0.15) is 29.7 Å². The number of phenolic OH excluding ortho intramolecular Hbond substituents is 2. The molecule has 0 saturated heterocycles. The Morgan fingerprint density at radius 1 is 1.09 bits per heavy atom. The van der Waals surface area contributed by atoms with Crippen LogP contribution in [0.4, 0.5) is 0 Å². The molecule has 0 heterocycles. The normalized spacial score (nSPS) is 13.8. The van der Waals surface area contributed by atoms with Gasteiger partial charge in [0.25, 0.3) is 0 Å². The van der Waals surface area contributed by atoms with Gasteiger partial charge in [-0.2, -0.15) is 0 Å². The summed E-state index contributed by atoms with van der Waals surface area (Å²) >= 11 is 0. The van der Waals surface area contributed by atoms with E-state index in [9.17, 15) is 15.3 Å². The molecule has 0 spiro atoms. The van der Waals surface area contributed by atoms with Crippen LogP contribution in [0.3, 0.4) is 0 Å². The molecule has 0 aromatic heterocycles. The Labute approximate surface area is 131 Å². The van der Waals surface area contributed by atoms with Crippen LogP contribution in [0.25, 0.3) is 0 Å². The largest absolute Gasteiger partial charge is 0.504 e. The van der Waals surface area contributed by atoms with Crippen LogP contribution in [0.2, 0.25) is 0 Å². The van der Waals surface area contributed by atoms with Crippen molar-refractivity contribution < 1.29 is 15.3 Å². The van der Waals surface area contributed by atoms with Crippen LogP contribution in [0.15, 0.2) is 42.5 Å². The molecule has 0 amide bonds. The van der Waals surface area contributed by atoms with E-state index >= 15 is 0 Å². The van der Waals surface area contributed by atoms with Crippen LogP contribution in [-0.4, -0.2) is 27.9 Å². The minimum absolute atomic E-state index is 0.138. The Morgan fingerprint density at radius 2 is 1.77 bits per heavy atom. The maximum absolute atomic E-state index is 10.2. The third-order valence-electron chi connectivity index (χ3n) is 3.73. The second kappa shape index (κ2) is 7.29. The van der Waals surface area contributed by atoms with E-state index in [2.05, 4.69) is 24.4 Å². The zero-order valence-electron chi connectivity index (χ0n) is 13.0. The molecule has 2 rings (SSSR count). The number of rotatable bonds is 6. The van der Waals surface area contributed by atoms with E-state index < -0.39 is 6.10 Å². The summed E-state index contributed by atoms with van der Waals surface area (Å²) in [5.41, 5.74) is 2.38. The lowest BCUT2D eigenvalue weighted by atomic mass is 10.0. The van der Waals surface area contributed by atoms with E-state index in [1.165, 1.54) is 11.6 Å². The topological polar surface area (TPSA) is 72.7 Å². The maximum Gasteiger partial charge on any atom is 0.160 e. The highest BCUT2D eigenvalue weighted by Gasteiger charge is 2.13. The van der Waals surface area contributed by atoms with Crippen molar-refractivity contribution in [3.05, 3.63) is 59.2 Å². The highest BCUT2D eigenvalue weighted by molar-refractivity contribution is 5.47. The first-order valence-electron chi connectivity index (χ1n) is 7.45. The van der Waals surface area contributed by atoms with Crippen molar-refractivity contribution in [2.75, 3.05) is 6.54 Å². The average Bonchev–Trinajstić information content (AvgIpc) is 2.50. The monoisotopic (exact) mass is 301 g/mol. The Kier molecular flexibility index (Phi) is 5.41. The van der Waals surface area contributed by atoms with Crippen molar-refractivity contribution in [3.63, 3.8) is 0 Å². The number of nitrogens with one attached hydrogen (secondary N) is 1. The molecule has 0 aliphatic carbocycles. The number of aliphatic hydroxyl groups is 1. The van der Waals surface area contributed by atoms with Crippen LogP contribution >= 0.6 is 0 Å². The van der Waals surface area contributed by atoms with Crippen molar-refractivity contribution >= 4 is 0 Å². The first-order valence-corrected chi connectivity index (χ1v) is 7.45. The molecule has 0 saturated carbocycles. The maximum atomic E-state index is 10.2. The van der Waals surface area contributed by atoms with Crippen molar-refractivity contribution in [3.8, 4) is 11.5 Å². The Bertz CT molecular complexity index is 590. The SMILES string of the molecule is Cc1cc([C@@H](O)CN[C@H](C)Cc2ccccc2)cc(O)c1O. The van der Waals surface area contributed by atoms with Gasteiger partial charge in [-0.1, -0.05) is 30.3 Å². The number of aromatic hydroxyl groups is 2. The van der Waals surface area contributed by atoms with Gasteiger partial charge in [0, 0.05) is 12.6 Å². The van der Waals surface area contributed by atoms with E-state index in [1.807, 2.05) is 18.2 Å². The number of hydrogen-bond acceptors (Lipinski definition) is 4. The Balaban J connectivity index is 1.91. The van der Waals surface area contributed by atoms with Gasteiger partial charge in [0.05, 0.1) is 6.10 Å². The van der Waals surface area contributed by atoms with Crippen molar-refractivity contribution in [1.82, 2.24) is 5.32 Å². The highest BCUT2D eigenvalue weighted by Crippen LogP contribution is 2.31. The summed E-state index contributed by atoms with van der Waals surface area (Å²) in [6.07, 6.45) is 0.149. The minimum Gasteiger partial charge on any atom is -0.504 e. The molecule has 22 heavy (non-hydrogen) atoms. The average molecular weight is 301 g/mol. The predicted octanol–water partition coefficient (Wildman–Crippen LogP) is 2.66. The molecule has 4 nitrogen and oxygen atoms in total. The molecule has 0 radical (unpaired) electrons. The van der Waals surface area contributed by atoms with Crippen molar-refractivity contribution in [2.24, 2.45) is 0 Å². The van der Waals surface area contributed by atoms with Crippen LogP contribution in [-0.2, 0) is 6.42 Å². The fourth-order valence-electron chi connectivity index (χ4n) is 2.45. The summed E-state index contributed by atoms with van der Waals surface area (Å²) in [5.74, 6) is -0.340. The van der Waals surface area contributed by atoms with E-state index in [0.717, 1.165) is 6.42 Å². The molecule has 4 heteroatoms. The molecule has 0 fully saturated rings. The molecule has 118 valence electrons. The molecule has 0 aliphatic rings. The number of aryl methyl sites for hydroxylation is 1. The Hall–Kier alpha value is -2.04. The van der Waals surface area contributed by atoms with E-state index in [1.54, 1.807) is 13.0 Å². The molecule has 4 N–H and O–H groups in total. The second-order valence-corrected chi connectivity index (χ2v) is 5.72. The van der Waals surface area contributed by atoms with E-state index in [-0.39, 0.29) is 17.5 Å². The summed E-state index contributed by atoms with van der Waals surface area (Å²) in [5, 5.41) is 32.7. The fraction of sp³-hybridized carbons (Fsp3) is 0.333. The molecule has 2 atom stereocenters. The van der Waals surface area contributed by atoms with Crippen molar-refractivity contribution in [2.45, 2.75) is 32.4 Å². The summed E-state index contributed by atoms with van der Waals surface area (Å²) < 4.78 is 0. The third-order valence-corrected chi connectivity index (χ3v) is 3.73. The quantitative estimate of drug-likeness (QED) is 0.619. The van der Waals surface area contributed by atoms with Gasteiger partial charge in [-0.05, 0) is 49.1 Å². The molecular weight excluding hydrogens is 278 g/mol. The molecule has 0 bridgehead atoms. The van der Waals surface area contributed by atoms with Gasteiger partial charge in [-0.25, -0.2) is 0 Å². The predicted molar refractivity (Wildman–Crippen MR) is 87.1 cm³/mol. The Morgan fingerprint density at radius 3 is 2.41 bits per heavy atom. The second-order valence-electron chi connectivity index (χ2n) is 5.72. The molecule has 0 unspecified atom stereocenters. The standard InChI is InChI=1S/C18H23NO3/c1-12-8-15(10-16(20)18(12)22)17(21)11-19-13(2)9-14-6-4-3-5-7-14/h3-8,10,13,17,19-22H,9,11H2,1-2H3/t13-,17+/m1/s1. The number of phenols is 2.